The third-order valence-corrected chi connectivity index (χ3v) is 4.24. The van der Waals surface area contributed by atoms with E-state index >= 15 is 0 Å². The summed E-state index contributed by atoms with van der Waals surface area (Å²) in [6.07, 6.45) is 1.57. The number of halogens is 1. The van der Waals surface area contributed by atoms with Crippen molar-refractivity contribution in [3.63, 3.8) is 0 Å². The number of ether oxygens (including phenoxy) is 1. The molecule has 2 amide bonds. The van der Waals surface area contributed by atoms with Gasteiger partial charge in [-0.1, -0.05) is 18.2 Å². The van der Waals surface area contributed by atoms with Crippen LogP contribution in [0.2, 0.25) is 0 Å². The van der Waals surface area contributed by atoms with Crippen molar-refractivity contribution in [2.75, 3.05) is 19.6 Å². The van der Waals surface area contributed by atoms with E-state index in [2.05, 4.69) is 26.2 Å². The maximum Gasteiger partial charge on any atom is 0.251 e. The molecule has 1 aliphatic rings. The minimum Gasteiger partial charge on any atom is -0.470 e. The normalized spacial score (nSPS) is 14.0. The monoisotopic (exact) mass is 389 g/mol. The molecule has 2 heterocycles. The number of nitrogens with zero attached hydrogens (tertiary/aromatic N) is 2. The third-order valence-electron chi connectivity index (χ3n) is 3.64. The summed E-state index contributed by atoms with van der Waals surface area (Å²) in [7, 11) is 0. The maximum absolute atomic E-state index is 12.1. The van der Waals surface area contributed by atoms with Crippen LogP contribution >= 0.6 is 15.9 Å². The average Bonchev–Trinajstić information content (AvgIpc) is 2.57. The van der Waals surface area contributed by atoms with Crippen LogP contribution in [0, 0.1) is 0 Å². The van der Waals surface area contributed by atoms with Gasteiger partial charge in [-0.25, -0.2) is 4.98 Å². The van der Waals surface area contributed by atoms with Gasteiger partial charge >= 0.3 is 0 Å². The Morgan fingerprint density at radius 3 is 2.67 bits per heavy atom. The highest BCUT2D eigenvalue weighted by Gasteiger charge is 2.32. The molecule has 1 aromatic heterocycles. The van der Waals surface area contributed by atoms with E-state index < -0.39 is 0 Å². The molecule has 1 aromatic carbocycles. The van der Waals surface area contributed by atoms with Gasteiger partial charge < -0.3 is 15.0 Å². The Kier molecular flexibility index (Phi) is 5.10. The molecule has 24 heavy (non-hydrogen) atoms. The van der Waals surface area contributed by atoms with Crippen molar-refractivity contribution in [3.05, 3.63) is 58.7 Å². The van der Waals surface area contributed by atoms with Gasteiger partial charge in [-0.15, -0.1) is 0 Å². The van der Waals surface area contributed by atoms with Crippen LogP contribution < -0.4 is 10.1 Å². The van der Waals surface area contributed by atoms with Gasteiger partial charge in [0, 0.05) is 11.8 Å². The lowest BCUT2D eigenvalue weighted by Crippen LogP contribution is -2.58. The van der Waals surface area contributed by atoms with Gasteiger partial charge in [-0.05, 0) is 40.2 Å². The van der Waals surface area contributed by atoms with Crippen LogP contribution in [0.5, 0.6) is 5.88 Å². The standard InChI is InChI=1S/C17H16BrN3O3/c18-14-7-4-8-19-17(14)24-13-10-21(11-13)15(22)9-20-16(23)12-5-2-1-3-6-12/h1-8,13H,9-11H2,(H,20,23). The van der Waals surface area contributed by atoms with E-state index in [-0.39, 0.29) is 24.5 Å². The minimum atomic E-state index is -0.255. The van der Waals surface area contributed by atoms with Crippen molar-refractivity contribution in [1.29, 1.82) is 0 Å². The summed E-state index contributed by atoms with van der Waals surface area (Å²) >= 11 is 3.37. The number of amides is 2. The summed E-state index contributed by atoms with van der Waals surface area (Å²) in [4.78, 5) is 29.7. The van der Waals surface area contributed by atoms with Crippen molar-refractivity contribution in [2.45, 2.75) is 6.10 Å². The Balaban J connectivity index is 1.42. The minimum absolute atomic E-state index is 0.0201. The van der Waals surface area contributed by atoms with Crippen molar-refractivity contribution in [1.82, 2.24) is 15.2 Å². The molecule has 2 aromatic rings. The molecule has 0 atom stereocenters. The second kappa shape index (κ2) is 7.44. The maximum atomic E-state index is 12.1. The zero-order chi connectivity index (χ0) is 16.9. The van der Waals surface area contributed by atoms with Gasteiger partial charge in [0.25, 0.3) is 5.91 Å². The van der Waals surface area contributed by atoms with E-state index in [1.165, 1.54) is 0 Å². The summed E-state index contributed by atoms with van der Waals surface area (Å²) in [5, 5.41) is 2.63. The van der Waals surface area contributed by atoms with E-state index in [0.29, 0.717) is 24.5 Å². The molecule has 7 heteroatoms. The topological polar surface area (TPSA) is 71.5 Å². The Bertz CT molecular complexity index is 733. The molecule has 6 nitrogen and oxygen atoms in total. The molecule has 1 fully saturated rings. The number of carbonyl (C=O) groups is 2. The van der Waals surface area contributed by atoms with Crippen LogP contribution in [0.1, 0.15) is 10.4 Å². The van der Waals surface area contributed by atoms with Crippen LogP contribution in [-0.2, 0) is 4.79 Å². The molecular formula is C17H16BrN3O3. The number of rotatable bonds is 5. The first-order chi connectivity index (χ1) is 11.6. The number of pyridine rings is 1. The number of likely N-dealkylation sites (tertiary alicyclic amines) is 1. The van der Waals surface area contributed by atoms with E-state index in [4.69, 9.17) is 4.74 Å². The number of nitrogens with one attached hydrogen (secondary N) is 1. The highest BCUT2D eigenvalue weighted by atomic mass is 79.9. The largest absolute Gasteiger partial charge is 0.470 e. The van der Waals surface area contributed by atoms with E-state index in [1.54, 1.807) is 35.4 Å². The second-order valence-corrected chi connectivity index (χ2v) is 6.23. The summed E-state index contributed by atoms with van der Waals surface area (Å²) in [5.74, 6) is 0.140. The number of hydrogen-bond donors (Lipinski definition) is 1. The van der Waals surface area contributed by atoms with Gasteiger partial charge in [0.1, 0.15) is 6.10 Å². The quantitative estimate of drug-likeness (QED) is 0.846. The lowest BCUT2D eigenvalue weighted by molar-refractivity contribution is -0.138. The zero-order valence-electron chi connectivity index (χ0n) is 12.8. The molecule has 0 bridgehead atoms. The van der Waals surface area contributed by atoms with Crippen LogP contribution in [0.15, 0.2) is 53.1 Å². The third kappa shape index (κ3) is 3.91. The van der Waals surface area contributed by atoms with Crippen molar-refractivity contribution in [3.8, 4) is 5.88 Å². The molecule has 1 aliphatic heterocycles. The lowest BCUT2D eigenvalue weighted by atomic mass is 10.1. The van der Waals surface area contributed by atoms with Gasteiger partial charge in [0.2, 0.25) is 11.8 Å². The molecule has 1 N–H and O–H groups in total. The smallest absolute Gasteiger partial charge is 0.251 e. The Hall–Kier alpha value is -2.41. The van der Waals surface area contributed by atoms with Gasteiger partial charge in [-0.2, -0.15) is 0 Å². The highest BCUT2D eigenvalue weighted by Crippen LogP contribution is 2.24. The Morgan fingerprint density at radius 1 is 1.21 bits per heavy atom. The lowest BCUT2D eigenvalue weighted by Gasteiger charge is -2.38. The molecule has 0 spiro atoms. The van der Waals surface area contributed by atoms with Crippen LogP contribution in [0.25, 0.3) is 0 Å². The van der Waals surface area contributed by atoms with Crippen LogP contribution in [0.3, 0.4) is 0 Å². The van der Waals surface area contributed by atoms with Crippen molar-refractivity contribution < 1.29 is 14.3 Å². The van der Waals surface area contributed by atoms with Crippen molar-refractivity contribution >= 4 is 27.7 Å². The van der Waals surface area contributed by atoms with Crippen molar-refractivity contribution in [2.24, 2.45) is 0 Å². The van der Waals surface area contributed by atoms with E-state index in [9.17, 15) is 9.59 Å². The van der Waals surface area contributed by atoms with Crippen LogP contribution in [0.4, 0.5) is 0 Å². The average molecular weight is 390 g/mol. The molecular weight excluding hydrogens is 374 g/mol. The zero-order valence-corrected chi connectivity index (χ0v) is 14.4. The van der Waals surface area contributed by atoms with Gasteiger partial charge in [-0.3, -0.25) is 9.59 Å². The first-order valence-corrected chi connectivity index (χ1v) is 8.31. The number of benzene rings is 1. The number of hydrogen-bond acceptors (Lipinski definition) is 4. The summed E-state index contributed by atoms with van der Waals surface area (Å²) < 4.78 is 6.50. The fourth-order valence-electron chi connectivity index (χ4n) is 2.29. The summed E-state index contributed by atoms with van der Waals surface area (Å²) in [6, 6.07) is 12.5. The Labute approximate surface area is 148 Å². The Morgan fingerprint density at radius 2 is 1.96 bits per heavy atom. The van der Waals surface area contributed by atoms with Gasteiger partial charge in [0.15, 0.2) is 0 Å². The number of carbonyl (C=O) groups excluding carboxylic acids is 2. The van der Waals surface area contributed by atoms with Gasteiger partial charge in [0.05, 0.1) is 24.1 Å². The first kappa shape index (κ1) is 16.4. The second-order valence-electron chi connectivity index (χ2n) is 5.38. The number of aromatic nitrogens is 1. The molecule has 0 saturated carbocycles. The molecule has 0 unspecified atom stereocenters. The predicted octanol–water partition coefficient (Wildman–Crippen LogP) is 1.86. The fourth-order valence-corrected chi connectivity index (χ4v) is 2.64. The highest BCUT2D eigenvalue weighted by molar-refractivity contribution is 9.10. The SMILES string of the molecule is O=C(NCC(=O)N1CC(Oc2ncccc2Br)C1)c1ccccc1. The molecule has 1 saturated heterocycles. The molecule has 3 rings (SSSR count). The molecule has 0 radical (unpaired) electrons. The van der Waals surface area contributed by atoms with E-state index in [0.717, 1.165) is 4.47 Å². The van der Waals surface area contributed by atoms with E-state index in [1.807, 2.05) is 18.2 Å². The molecule has 124 valence electrons. The summed E-state index contributed by atoms with van der Waals surface area (Å²) in [6.45, 7) is 0.958. The van der Waals surface area contributed by atoms with Crippen LogP contribution in [-0.4, -0.2) is 47.4 Å². The fraction of sp³-hybridized carbons (Fsp3) is 0.235. The predicted molar refractivity (Wildman–Crippen MR) is 91.7 cm³/mol. The first-order valence-electron chi connectivity index (χ1n) is 7.51. The summed E-state index contributed by atoms with van der Waals surface area (Å²) in [5.41, 5.74) is 0.537. The molecule has 0 aliphatic carbocycles.